The van der Waals surface area contributed by atoms with Gasteiger partial charge < -0.3 is 14.9 Å². The number of ether oxygens (including phenoxy) is 1. The van der Waals surface area contributed by atoms with Gasteiger partial charge in [-0.05, 0) is 30.0 Å². The summed E-state index contributed by atoms with van der Waals surface area (Å²) >= 11 is 6.70. The minimum absolute atomic E-state index is 0.0481. The molecule has 2 heterocycles. The molecule has 3 N–H and O–H groups in total. The Kier molecular flexibility index (Phi) is 13.7. The molecule has 1 saturated heterocycles. The van der Waals surface area contributed by atoms with Crippen LogP contribution in [0, 0.1) is 15.6 Å². The Morgan fingerprint density at radius 1 is 1.14 bits per heavy atom. The molecule has 0 amide bonds. The number of rotatable bonds is 14. The second kappa shape index (κ2) is 15.4. The normalized spacial score (nSPS) is 24.5. The molecule has 2 rings (SSSR count). The van der Waals surface area contributed by atoms with Crippen molar-refractivity contribution in [1.29, 1.82) is 0 Å². The van der Waals surface area contributed by atoms with Crippen LogP contribution in [0.2, 0.25) is 0 Å². The molecule has 1 aliphatic rings. The van der Waals surface area contributed by atoms with Crippen molar-refractivity contribution in [3.05, 3.63) is 27.4 Å². The number of H-pyrrole nitrogens is 1. The van der Waals surface area contributed by atoms with Gasteiger partial charge in [-0.3, -0.25) is 41.7 Å². The Morgan fingerprint density at radius 2 is 1.76 bits per heavy atom. The third-order valence-electron chi connectivity index (χ3n) is 5.61. The van der Waals surface area contributed by atoms with E-state index < -0.39 is 50.8 Å². The SMILES string of the molecule is CC(C)(C)CC(=O)SCCOP(=O)(OCOSC(=O)CC(C)(C)C)OC[C@H]1O[C@@H](n2ccc(=O)[nH]c2=S)C(C)(O)[C@H]1O. The number of carbonyl (C=O) groups is 2. The summed E-state index contributed by atoms with van der Waals surface area (Å²) in [6.45, 7) is 11.5. The van der Waals surface area contributed by atoms with Crippen molar-refractivity contribution in [2.45, 2.75) is 85.3 Å². The molecule has 0 aromatic carbocycles. The van der Waals surface area contributed by atoms with Crippen LogP contribution in [0.25, 0.3) is 0 Å². The van der Waals surface area contributed by atoms with E-state index in [1.807, 2.05) is 41.5 Å². The number of aromatic nitrogens is 2. The summed E-state index contributed by atoms with van der Waals surface area (Å²) in [5.74, 6) is 0.162. The van der Waals surface area contributed by atoms with Crippen LogP contribution in [0.4, 0.5) is 0 Å². The van der Waals surface area contributed by atoms with Crippen molar-refractivity contribution in [2.24, 2.45) is 10.8 Å². The van der Waals surface area contributed by atoms with Gasteiger partial charge in [-0.2, -0.15) is 0 Å². The lowest BCUT2D eigenvalue weighted by Crippen LogP contribution is -2.44. The summed E-state index contributed by atoms with van der Waals surface area (Å²) in [6, 6.07) is 1.18. The molecule has 0 spiro atoms. The van der Waals surface area contributed by atoms with Crippen molar-refractivity contribution in [3.63, 3.8) is 0 Å². The van der Waals surface area contributed by atoms with Crippen LogP contribution in [0.3, 0.4) is 0 Å². The zero-order valence-corrected chi connectivity index (χ0v) is 28.2. The van der Waals surface area contributed by atoms with Crippen molar-refractivity contribution in [3.8, 4) is 0 Å². The van der Waals surface area contributed by atoms with E-state index >= 15 is 0 Å². The topological polar surface area (TPSA) is 176 Å². The number of nitrogens with one attached hydrogen (secondary N) is 1. The van der Waals surface area contributed by atoms with Crippen LogP contribution in [0.15, 0.2) is 17.1 Å². The molecule has 17 heteroatoms. The van der Waals surface area contributed by atoms with Crippen LogP contribution < -0.4 is 5.56 Å². The third-order valence-corrected chi connectivity index (χ3v) is 8.69. The first-order valence-corrected chi connectivity index (χ1v) is 16.7. The number of aromatic amines is 1. The predicted octanol–water partition coefficient (Wildman–Crippen LogP) is 4.35. The first-order valence-electron chi connectivity index (χ1n) is 13.1. The maximum absolute atomic E-state index is 13.4. The fourth-order valence-corrected chi connectivity index (χ4v) is 6.84. The molecular weight excluding hydrogens is 631 g/mol. The molecule has 2 unspecified atom stereocenters. The van der Waals surface area contributed by atoms with E-state index in [1.165, 1.54) is 23.8 Å². The highest BCUT2D eigenvalue weighted by Gasteiger charge is 2.53. The Balaban J connectivity index is 2.05. The molecule has 1 aromatic heterocycles. The van der Waals surface area contributed by atoms with E-state index in [1.54, 1.807) is 0 Å². The van der Waals surface area contributed by atoms with Gasteiger partial charge >= 0.3 is 7.82 Å². The lowest BCUT2D eigenvalue weighted by Gasteiger charge is -2.28. The molecule has 5 atom stereocenters. The van der Waals surface area contributed by atoms with Crippen LogP contribution in [-0.4, -0.2) is 73.6 Å². The maximum Gasteiger partial charge on any atom is 0.477 e. The summed E-state index contributed by atoms with van der Waals surface area (Å²) in [6.07, 6.45) is -2.08. The maximum atomic E-state index is 13.4. The first kappa shape index (κ1) is 37.3. The number of aliphatic hydroxyl groups is 2. The highest BCUT2D eigenvalue weighted by atomic mass is 32.2. The second-order valence-electron chi connectivity index (χ2n) is 12.3. The lowest BCUT2D eigenvalue weighted by atomic mass is 9.93. The number of nitrogens with zero attached hydrogens (tertiary/aromatic N) is 1. The molecule has 0 bridgehead atoms. The summed E-state index contributed by atoms with van der Waals surface area (Å²) in [5, 5.41) is 21.4. The van der Waals surface area contributed by atoms with E-state index in [2.05, 4.69) is 4.98 Å². The molecule has 0 radical (unpaired) electrons. The zero-order chi connectivity index (χ0) is 31.9. The van der Waals surface area contributed by atoms with E-state index in [-0.39, 0.29) is 44.6 Å². The molecule has 1 fully saturated rings. The van der Waals surface area contributed by atoms with Gasteiger partial charge in [0, 0.05) is 30.9 Å². The minimum atomic E-state index is -4.37. The summed E-state index contributed by atoms with van der Waals surface area (Å²) < 4.78 is 41.7. The van der Waals surface area contributed by atoms with Gasteiger partial charge in [-0.15, -0.1) is 0 Å². The van der Waals surface area contributed by atoms with Crippen LogP contribution in [0.5, 0.6) is 0 Å². The van der Waals surface area contributed by atoms with Gasteiger partial charge in [0.15, 0.2) is 22.9 Å². The van der Waals surface area contributed by atoms with E-state index in [0.29, 0.717) is 18.5 Å². The van der Waals surface area contributed by atoms with Crippen molar-refractivity contribution in [1.82, 2.24) is 9.55 Å². The number of thioether (sulfide) groups is 1. The number of hydrogen-bond donors (Lipinski definition) is 3. The average Bonchev–Trinajstić information content (AvgIpc) is 3.05. The highest BCUT2D eigenvalue weighted by Crippen LogP contribution is 2.51. The Labute approximate surface area is 259 Å². The average molecular weight is 673 g/mol. The molecule has 42 heavy (non-hydrogen) atoms. The zero-order valence-electron chi connectivity index (χ0n) is 24.8. The number of phosphoric acid groups is 1. The molecular formula is C25H41N2O11PS3. The third kappa shape index (κ3) is 12.2. The standard InChI is InChI=1S/C25H41N2O11PS3/c1-23(2,3)12-18(29)41-11-10-34-39(33,36-15-37-42-19(30)13-24(4,5)6)35-14-16-20(31)25(7,32)21(38-16)27-9-8-17(28)26-22(27)40/h8-9,16,20-21,31-32H,10-15H2,1-7H3,(H,26,28,40)/t16-,20+,21-,25?,39?/m1/s1. The van der Waals surface area contributed by atoms with Crippen LogP contribution >= 0.6 is 43.8 Å². The smallest absolute Gasteiger partial charge is 0.387 e. The molecule has 13 nitrogen and oxygen atoms in total. The quantitative estimate of drug-likeness (QED) is 0.0836. The number of phosphoric ester groups is 1. The van der Waals surface area contributed by atoms with Gasteiger partial charge in [-0.1, -0.05) is 53.3 Å². The largest absolute Gasteiger partial charge is 0.477 e. The summed E-state index contributed by atoms with van der Waals surface area (Å²) in [4.78, 5) is 38.2. The van der Waals surface area contributed by atoms with Crippen molar-refractivity contribution < 1.29 is 46.9 Å². The lowest BCUT2D eigenvalue weighted by molar-refractivity contribution is -0.113. The van der Waals surface area contributed by atoms with Crippen molar-refractivity contribution in [2.75, 3.05) is 25.8 Å². The van der Waals surface area contributed by atoms with Crippen LogP contribution in [-0.2, 0) is 36.6 Å². The molecule has 0 saturated carbocycles. The summed E-state index contributed by atoms with van der Waals surface area (Å²) in [7, 11) is -4.37. The molecule has 240 valence electrons. The molecule has 1 aromatic rings. The molecule has 0 aliphatic carbocycles. The fraction of sp³-hybridized carbons (Fsp3) is 0.760. The monoisotopic (exact) mass is 672 g/mol. The van der Waals surface area contributed by atoms with Gasteiger partial charge in [-0.25, -0.2) is 4.57 Å². The van der Waals surface area contributed by atoms with Crippen LogP contribution in [0.1, 0.15) is 67.5 Å². The Bertz CT molecular complexity index is 1200. The van der Waals surface area contributed by atoms with Gasteiger partial charge in [0.2, 0.25) is 5.12 Å². The van der Waals surface area contributed by atoms with Crippen molar-refractivity contribution >= 4 is 54.1 Å². The van der Waals surface area contributed by atoms with E-state index in [4.69, 9.17) is 34.7 Å². The Morgan fingerprint density at radius 3 is 2.36 bits per heavy atom. The minimum Gasteiger partial charge on any atom is -0.387 e. The fourth-order valence-electron chi connectivity index (χ4n) is 3.69. The van der Waals surface area contributed by atoms with E-state index in [0.717, 1.165) is 11.8 Å². The van der Waals surface area contributed by atoms with Gasteiger partial charge in [0.25, 0.3) is 5.56 Å². The first-order chi connectivity index (χ1) is 19.2. The summed E-state index contributed by atoms with van der Waals surface area (Å²) in [5.41, 5.74) is -2.78. The number of hydrogen-bond acceptors (Lipinski definition) is 14. The highest BCUT2D eigenvalue weighted by molar-refractivity contribution is 8.13. The Hall–Kier alpha value is -0.910. The van der Waals surface area contributed by atoms with Gasteiger partial charge in [0.05, 0.1) is 25.3 Å². The van der Waals surface area contributed by atoms with E-state index in [9.17, 15) is 29.2 Å². The number of carbonyl (C=O) groups excluding carboxylic acids is 2. The molecule has 1 aliphatic heterocycles. The van der Waals surface area contributed by atoms with Gasteiger partial charge in [0.1, 0.15) is 17.8 Å². The second-order valence-corrected chi connectivity index (χ2v) is 16.4. The predicted molar refractivity (Wildman–Crippen MR) is 161 cm³/mol. The number of aliphatic hydroxyl groups excluding tert-OH is 1.